The van der Waals surface area contributed by atoms with Gasteiger partial charge in [-0.05, 0) is 140 Å². The minimum atomic E-state index is -0.871. The highest BCUT2D eigenvalue weighted by molar-refractivity contribution is 5.93. The second-order valence-corrected chi connectivity index (χ2v) is 21.2. The van der Waals surface area contributed by atoms with E-state index < -0.39 is 42.2 Å². The van der Waals surface area contributed by atoms with E-state index in [1.165, 1.54) is 189 Å². The van der Waals surface area contributed by atoms with E-state index in [-0.39, 0.29) is 35.1 Å². The van der Waals surface area contributed by atoms with E-state index in [9.17, 15) is 23.6 Å². The number of benzene rings is 5. The van der Waals surface area contributed by atoms with E-state index in [4.69, 9.17) is 33.2 Å². The van der Waals surface area contributed by atoms with Crippen LogP contribution in [0.25, 0.3) is 0 Å². The lowest BCUT2D eigenvalue weighted by atomic mass is 9.96. The van der Waals surface area contributed by atoms with Crippen LogP contribution in [0.4, 0.5) is 4.39 Å². The smallest absolute Gasteiger partial charge is 0.343 e. The van der Waals surface area contributed by atoms with Gasteiger partial charge in [0, 0.05) is 0 Å². The maximum Gasteiger partial charge on any atom is 0.343 e. The molecule has 80 heavy (non-hydrogen) atoms. The van der Waals surface area contributed by atoms with Crippen molar-refractivity contribution in [3.8, 4) is 23.0 Å². The molecule has 0 amide bonds. The largest absolute Gasteiger partial charge is 0.494 e. The van der Waals surface area contributed by atoms with Crippen molar-refractivity contribution in [1.29, 1.82) is 0 Å². The number of rotatable bonds is 38. The number of carbonyl (C=O) groups excluding carboxylic acids is 4. The molecule has 0 saturated carbocycles. The summed E-state index contributed by atoms with van der Waals surface area (Å²) >= 11 is 0. The molecule has 0 N–H and O–H groups in total. The van der Waals surface area contributed by atoms with Crippen LogP contribution in [-0.4, -0.2) is 55.9 Å². The molecule has 0 aromatic heterocycles. The van der Waals surface area contributed by atoms with E-state index in [2.05, 4.69) is 13.8 Å². The molecule has 0 spiro atoms. The standard InChI is InChI=1S/C68H87FO11/c1-3-5-7-9-11-13-15-17-19-21-23-25-49-74-58-39-29-54(30-40-58)66(71)77-60-43-33-53(34-44-60)65(70)76-51-64-63(48-47-62(79-64)52-27-37-57(69)38-28-52)80-68(73)56-35-45-61(46-36-56)78-67(72)55-31-41-59(42-32-55)75-50-26-24-22-20-18-16-14-12-10-8-6-4-2/h27-46,62-64H,3-26,47-51H2,1-2H3/t62-,63+,64-/m1/s1. The third-order valence-electron chi connectivity index (χ3n) is 14.7. The van der Waals surface area contributed by atoms with Crippen LogP contribution < -0.4 is 18.9 Å². The topological polar surface area (TPSA) is 133 Å². The summed E-state index contributed by atoms with van der Waals surface area (Å²) < 4.78 is 54.9. The Kier molecular flexibility index (Phi) is 28.7. The van der Waals surface area contributed by atoms with Crippen molar-refractivity contribution in [2.24, 2.45) is 0 Å². The first-order chi connectivity index (χ1) is 39.2. The van der Waals surface area contributed by atoms with Gasteiger partial charge in [-0.15, -0.1) is 0 Å². The highest BCUT2D eigenvalue weighted by Gasteiger charge is 2.36. The zero-order chi connectivity index (χ0) is 56.4. The quantitative estimate of drug-likeness (QED) is 0.0212. The van der Waals surface area contributed by atoms with Crippen LogP contribution in [0.15, 0.2) is 121 Å². The third-order valence-corrected chi connectivity index (χ3v) is 14.7. The van der Waals surface area contributed by atoms with E-state index in [1.807, 2.05) is 0 Å². The van der Waals surface area contributed by atoms with Crippen molar-refractivity contribution in [2.45, 2.75) is 199 Å². The van der Waals surface area contributed by atoms with Crippen molar-refractivity contribution < 1.29 is 56.7 Å². The summed E-state index contributed by atoms with van der Waals surface area (Å²) in [4.78, 5) is 52.9. The van der Waals surface area contributed by atoms with Gasteiger partial charge in [-0.25, -0.2) is 23.6 Å². The van der Waals surface area contributed by atoms with Gasteiger partial charge in [-0.1, -0.05) is 167 Å². The molecule has 1 aliphatic heterocycles. The molecule has 11 nitrogen and oxygen atoms in total. The van der Waals surface area contributed by atoms with Crippen LogP contribution in [0.3, 0.4) is 0 Å². The molecule has 1 fully saturated rings. The average molecular weight is 1100 g/mol. The summed E-state index contributed by atoms with van der Waals surface area (Å²) in [6.45, 7) is 5.50. The normalized spacial score (nSPS) is 15.0. The Labute approximate surface area is 475 Å². The lowest BCUT2D eigenvalue weighted by Gasteiger charge is -2.36. The summed E-state index contributed by atoms with van der Waals surface area (Å²) in [6.07, 6.45) is 29.4. The van der Waals surface area contributed by atoms with E-state index in [0.717, 1.165) is 31.2 Å². The molecule has 0 unspecified atom stereocenters. The summed E-state index contributed by atoms with van der Waals surface area (Å²) in [6, 6.07) is 31.7. The molecule has 0 bridgehead atoms. The Morgan fingerprint density at radius 3 is 1.16 bits per heavy atom. The summed E-state index contributed by atoms with van der Waals surface area (Å²) in [5.74, 6) is -0.942. The summed E-state index contributed by atoms with van der Waals surface area (Å²) in [5.41, 5.74) is 1.85. The molecule has 432 valence electrons. The van der Waals surface area contributed by atoms with Crippen molar-refractivity contribution in [3.63, 3.8) is 0 Å². The number of esters is 4. The van der Waals surface area contributed by atoms with Crippen molar-refractivity contribution in [3.05, 3.63) is 155 Å². The fraction of sp³-hybridized carbons (Fsp3) is 0.500. The molecule has 5 aromatic carbocycles. The lowest BCUT2D eigenvalue weighted by molar-refractivity contribution is -0.140. The Balaban J connectivity index is 0.905. The molecule has 12 heteroatoms. The molecule has 0 aliphatic carbocycles. The second-order valence-electron chi connectivity index (χ2n) is 21.2. The zero-order valence-electron chi connectivity index (χ0n) is 47.7. The molecule has 3 atom stereocenters. The Morgan fingerprint density at radius 2 is 0.762 bits per heavy atom. The fourth-order valence-electron chi connectivity index (χ4n) is 9.81. The molecule has 1 saturated heterocycles. The van der Waals surface area contributed by atoms with E-state index >= 15 is 0 Å². The highest BCUT2D eigenvalue weighted by Crippen LogP contribution is 2.34. The van der Waals surface area contributed by atoms with Gasteiger partial charge in [0.2, 0.25) is 0 Å². The van der Waals surface area contributed by atoms with Crippen LogP contribution in [-0.2, 0) is 14.2 Å². The van der Waals surface area contributed by atoms with Crippen molar-refractivity contribution in [2.75, 3.05) is 19.8 Å². The number of unbranched alkanes of at least 4 members (excludes halogenated alkanes) is 22. The highest BCUT2D eigenvalue weighted by atomic mass is 19.1. The zero-order valence-corrected chi connectivity index (χ0v) is 47.7. The van der Waals surface area contributed by atoms with Gasteiger partial charge >= 0.3 is 23.9 Å². The lowest BCUT2D eigenvalue weighted by Crippen LogP contribution is -2.42. The maximum atomic E-state index is 13.8. The number of halogens is 1. The van der Waals surface area contributed by atoms with Gasteiger partial charge in [-0.2, -0.15) is 0 Å². The van der Waals surface area contributed by atoms with Crippen LogP contribution in [0.5, 0.6) is 23.0 Å². The Hall–Kier alpha value is -6.53. The first kappa shape index (κ1) is 62.7. The molecular weight excluding hydrogens is 1010 g/mol. The van der Waals surface area contributed by atoms with Gasteiger partial charge < -0.3 is 33.2 Å². The molecule has 6 rings (SSSR count). The first-order valence-corrected chi connectivity index (χ1v) is 30.1. The fourth-order valence-corrected chi connectivity index (χ4v) is 9.81. The van der Waals surface area contributed by atoms with Crippen LogP contribution in [0.1, 0.15) is 234 Å². The molecule has 1 heterocycles. The minimum absolute atomic E-state index is 0.200. The SMILES string of the molecule is CCCCCCCCCCCCCCOc1ccc(C(=O)Oc2ccc(C(=O)OC[C@H]3O[C@@H](c4ccc(F)cc4)CC[C@@H]3OC(=O)c3ccc(OC(=O)c4ccc(OCCCCCCCCCCCCCC)cc4)cc3)cc2)cc1. The molecule has 0 radical (unpaired) electrons. The van der Waals surface area contributed by atoms with E-state index in [0.29, 0.717) is 48.7 Å². The monoisotopic (exact) mass is 1100 g/mol. The van der Waals surface area contributed by atoms with Crippen LogP contribution in [0.2, 0.25) is 0 Å². The van der Waals surface area contributed by atoms with Crippen molar-refractivity contribution >= 4 is 23.9 Å². The number of hydrogen-bond acceptors (Lipinski definition) is 11. The predicted octanol–water partition coefficient (Wildman–Crippen LogP) is 17.7. The van der Waals surface area contributed by atoms with Gasteiger partial charge in [0.15, 0.2) is 0 Å². The first-order valence-electron chi connectivity index (χ1n) is 30.1. The number of ether oxygens (including phenoxy) is 7. The van der Waals surface area contributed by atoms with Gasteiger partial charge in [0.1, 0.15) is 47.6 Å². The predicted molar refractivity (Wildman–Crippen MR) is 312 cm³/mol. The summed E-state index contributed by atoms with van der Waals surface area (Å²) in [7, 11) is 0. The van der Waals surface area contributed by atoms with Crippen LogP contribution >= 0.6 is 0 Å². The molecule has 1 aliphatic rings. The van der Waals surface area contributed by atoms with Crippen molar-refractivity contribution in [1.82, 2.24) is 0 Å². The Morgan fingerprint density at radius 1 is 0.412 bits per heavy atom. The van der Waals surface area contributed by atoms with Crippen LogP contribution in [0, 0.1) is 5.82 Å². The number of hydrogen-bond donors (Lipinski definition) is 0. The van der Waals surface area contributed by atoms with Gasteiger partial charge in [-0.3, -0.25) is 0 Å². The summed E-state index contributed by atoms with van der Waals surface area (Å²) in [5, 5.41) is 0. The molecule has 5 aromatic rings. The third kappa shape index (κ3) is 23.3. The molecular formula is C68H87FO11. The van der Waals surface area contributed by atoms with Gasteiger partial charge in [0.05, 0.1) is 41.6 Å². The minimum Gasteiger partial charge on any atom is -0.494 e. The Bertz CT molecular complexity index is 2530. The van der Waals surface area contributed by atoms with Gasteiger partial charge in [0.25, 0.3) is 0 Å². The maximum absolute atomic E-state index is 13.8. The number of carbonyl (C=O) groups is 4. The average Bonchev–Trinajstić information content (AvgIpc) is 3.48. The van der Waals surface area contributed by atoms with E-state index in [1.54, 1.807) is 60.7 Å². The second kappa shape index (κ2) is 36.7.